The van der Waals surface area contributed by atoms with E-state index in [2.05, 4.69) is 5.32 Å². The zero-order valence-electron chi connectivity index (χ0n) is 5.00. The van der Waals surface area contributed by atoms with Crippen LogP contribution in [0, 0.1) is 0 Å². The van der Waals surface area contributed by atoms with Crippen LogP contribution < -0.4 is 16.8 Å². The number of carbonyl (C=O) groups is 1. The van der Waals surface area contributed by atoms with Gasteiger partial charge in [0.25, 0.3) is 0 Å². The van der Waals surface area contributed by atoms with Gasteiger partial charge in [-0.25, -0.2) is 0 Å². The predicted molar refractivity (Wildman–Crippen MR) is 32.3 cm³/mol. The third kappa shape index (κ3) is 5.22. The highest BCUT2D eigenvalue weighted by atomic mass is 16.3. The van der Waals surface area contributed by atoms with E-state index in [1.165, 1.54) is 0 Å². The summed E-state index contributed by atoms with van der Waals surface area (Å²) in [7, 11) is 0. The van der Waals surface area contributed by atoms with Gasteiger partial charge in [0.05, 0.1) is 13.1 Å². The predicted octanol–water partition coefficient (Wildman–Crippen LogP) is -2.66. The van der Waals surface area contributed by atoms with Crippen LogP contribution in [0.25, 0.3) is 0 Å². The van der Waals surface area contributed by atoms with Crippen molar-refractivity contribution < 1.29 is 9.90 Å². The third-order valence-corrected chi connectivity index (χ3v) is 0.694. The maximum atomic E-state index is 10.3. The second kappa shape index (κ2) is 4.25. The number of aliphatic hydroxyl groups is 1. The zero-order chi connectivity index (χ0) is 7.28. The minimum absolute atomic E-state index is 0.0516. The highest BCUT2D eigenvalue weighted by molar-refractivity contribution is 5.77. The lowest BCUT2D eigenvalue weighted by atomic mass is 10.5. The lowest BCUT2D eigenvalue weighted by molar-refractivity contribution is -0.120. The molecule has 54 valence electrons. The Morgan fingerprint density at radius 3 is 2.67 bits per heavy atom. The average molecular weight is 133 g/mol. The van der Waals surface area contributed by atoms with Gasteiger partial charge in [-0.15, -0.1) is 0 Å². The standard InChI is InChI=1S/C4H11N3O2/c5-1-4(9)7-2-3(6)8/h3,8H,1-2,5-6H2,(H,7,9). The summed E-state index contributed by atoms with van der Waals surface area (Å²) in [5, 5.41) is 10.7. The van der Waals surface area contributed by atoms with E-state index in [0.29, 0.717) is 0 Å². The van der Waals surface area contributed by atoms with Crippen LogP contribution in [0.2, 0.25) is 0 Å². The van der Waals surface area contributed by atoms with Crippen molar-refractivity contribution in [1.82, 2.24) is 5.32 Å². The highest BCUT2D eigenvalue weighted by Crippen LogP contribution is 1.64. The molecule has 0 aliphatic heterocycles. The van der Waals surface area contributed by atoms with Crippen molar-refractivity contribution in [3.05, 3.63) is 0 Å². The summed E-state index contributed by atoms with van der Waals surface area (Å²) in [5.74, 6) is -0.320. The van der Waals surface area contributed by atoms with Crippen molar-refractivity contribution in [3.8, 4) is 0 Å². The fourth-order valence-electron chi connectivity index (χ4n) is 0.291. The van der Waals surface area contributed by atoms with Gasteiger partial charge in [0.2, 0.25) is 5.91 Å². The highest BCUT2D eigenvalue weighted by Gasteiger charge is 1.97. The van der Waals surface area contributed by atoms with E-state index < -0.39 is 6.23 Å². The molecule has 9 heavy (non-hydrogen) atoms. The van der Waals surface area contributed by atoms with E-state index in [-0.39, 0.29) is 19.0 Å². The van der Waals surface area contributed by atoms with Crippen LogP contribution in [0.3, 0.4) is 0 Å². The van der Waals surface area contributed by atoms with Crippen LogP contribution in [-0.2, 0) is 4.79 Å². The molecule has 0 bridgehead atoms. The first kappa shape index (κ1) is 8.35. The third-order valence-electron chi connectivity index (χ3n) is 0.694. The Hall–Kier alpha value is -0.650. The molecule has 0 radical (unpaired) electrons. The van der Waals surface area contributed by atoms with E-state index in [0.717, 1.165) is 0 Å². The van der Waals surface area contributed by atoms with Crippen molar-refractivity contribution in [1.29, 1.82) is 0 Å². The topological polar surface area (TPSA) is 101 Å². The van der Waals surface area contributed by atoms with E-state index in [4.69, 9.17) is 16.6 Å². The van der Waals surface area contributed by atoms with Crippen molar-refractivity contribution in [2.24, 2.45) is 11.5 Å². The van der Waals surface area contributed by atoms with Gasteiger partial charge in [-0.1, -0.05) is 0 Å². The first-order chi connectivity index (χ1) is 4.16. The molecular weight excluding hydrogens is 122 g/mol. The molecule has 5 heteroatoms. The largest absolute Gasteiger partial charge is 0.377 e. The van der Waals surface area contributed by atoms with Crippen LogP contribution in [0.5, 0.6) is 0 Å². The molecule has 1 unspecified atom stereocenters. The molecule has 1 amide bonds. The fraction of sp³-hybridized carbons (Fsp3) is 0.750. The fourth-order valence-corrected chi connectivity index (χ4v) is 0.291. The van der Waals surface area contributed by atoms with Gasteiger partial charge in [-0.05, 0) is 0 Å². The quantitative estimate of drug-likeness (QED) is 0.315. The minimum Gasteiger partial charge on any atom is -0.377 e. The SMILES string of the molecule is NCC(=O)NCC(N)O. The number of carbonyl (C=O) groups excluding carboxylic acids is 1. The van der Waals surface area contributed by atoms with Gasteiger partial charge in [0, 0.05) is 0 Å². The van der Waals surface area contributed by atoms with Crippen molar-refractivity contribution in [3.63, 3.8) is 0 Å². The summed E-state index contributed by atoms with van der Waals surface area (Å²) in [4.78, 5) is 10.3. The Labute approximate surface area is 53.0 Å². The number of hydrogen-bond acceptors (Lipinski definition) is 4. The lowest BCUT2D eigenvalue weighted by Crippen LogP contribution is -2.39. The molecule has 0 fully saturated rings. The van der Waals surface area contributed by atoms with Crippen LogP contribution in [-0.4, -0.2) is 30.3 Å². The summed E-state index contributed by atoms with van der Waals surface area (Å²) in [6.07, 6.45) is -1.000. The molecular formula is C4H11N3O2. The molecule has 1 atom stereocenters. The monoisotopic (exact) mass is 133 g/mol. The number of rotatable bonds is 3. The number of nitrogens with one attached hydrogen (secondary N) is 1. The Balaban J connectivity index is 3.17. The van der Waals surface area contributed by atoms with Gasteiger partial charge < -0.3 is 21.9 Å². The molecule has 0 aliphatic carbocycles. The first-order valence-corrected chi connectivity index (χ1v) is 2.57. The maximum absolute atomic E-state index is 10.3. The molecule has 5 nitrogen and oxygen atoms in total. The molecule has 0 aromatic carbocycles. The Morgan fingerprint density at radius 1 is 1.78 bits per heavy atom. The van der Waals surface area contributed by atoms with Gasteiger partial charge in [0.15, 0.2) is 0 Å². The van der Waals surface area contributed by atoms with Crippen LogP contribution in [0.1, 0.15) is 0 Å². The molecule has 0 heterocycles. The van der Waals surface area contributed by atoms with Gasteiger partial charge in [-0.3, -0.25) is 4.79 Å². The molecule has 0 aliphatic rings. The molecule has 0 saturated heterocycles. The number of amides is 1. The van der Waals surface area contributed by atoms with Crippen LogP contribution in [0.15, 0.2) is 0 Å². The molecule has 0 saturated carbocycles. The minimum atomic E-state index is -1.000. The smallest absolute Gasteiger partial charge is 0.233 e. The van der Waals surface area contributed by atoms with E-state index in [9.17, 15) is 4.79 Å². The zero-order valence-corrected chi connectivity index (χ0v) is 5.00. The summed E-state index contributed by atoms with van der Waals surface area (Å²) in [5.41, 5.74) is 9.82. The molecule has 0 aromatic rings. The number of aliphatic hydroxyl groups excluding tert-OH is 1. The Kier molecular flexibility index (Phi) is 3.94. The van der Waals surface area contributed by atoms with Gasteiger partial charge in [0.1, 0.15) is 6.23 Å². The lowest BCUT2D eigenvalue weighted by Gasteiger charge is -2.04. The molecule has 0 rings (SSSR count). The van der Waals surface area contributed by atoms with Crippen LogP contribution >= 0.6 is 0 Å². The summed E-state index contributed by atoms with van der Waals surface area (Å²) in [6, 6.07) is 0. The van der Waals surface area contributed by atoms with Gasteiger partial charge in [-0.2, -0.15) is 0 Å². The molecule has 6 N–H and O–H groups in total. The van der Waals surface area contributed by atoms with Crippen LogP contribution in [0.4, 0.5) is 0 Å². The number of hydrogen-bond donors (Lipinski definition) is 4. The van der Waals surface area contributed by atoms with Gasteiger partial charge >= 0.3 is 0 Å². The molecule has 0 spiro atoms. The van der Waals surface area contributed by atoms with E-state index in [1.54, 1.807) is 0 Å². The first-order valence-electron chi connectivity index (χ1n) is 2.57. The van der Waals surface area contributed by atoms with E-state index >= 15 is 0 Å². The Morgan fingerprint density at radius 2 is 2.33 bits per heavy atom. The second-order valence-corrected chi connectivity index (χ2v) is 1.58. The van der Waals surface area contributed by atoms with E-state index in [1.807, 2.05) is 0 Å². The summed E-state index contributed by atoms with van der Waals surface area (Å²) >= 11 is 0. The maximum Gasteiger partial charge on any atom is 0.233 e. The second-order valence-electron chi connectivity index (χ2n) is 1.58. The number of nitrogens with two attached hydrogens (primary N) is 2. The van der Waals surface area contributed by atoms with Crippen molar-refractivity contribution in [2.45, 2.75) is 6.23 Å². The molecule has 0 aromatic heterocycles. The van der Waals surface area contributed by atoms with Crippen molar-refractivity contribution in [2.75, 3.05) is 13.1 Å². The normalized spacial score (nSPS) is 12.8. The summed E-state index contributed by atoms with van der Waals surface area (Å²) < 4.78 is 0. The average Bonchev–Trinajstić information content (AvgIpc) is 1.83. The summed E-state index contributed by atoms with van der Waals surface area (Å²) in [6.45, 7) is -0.0250. The van der Waals surface area contributed by atoms with Crippen molar-refractivity contribution >= 4 is 5.91 Å². The Bertz CT molecular complexity index is 93.8.